The first-order valence-corrected chi connectivity index (χ1v) is 15.3. The van der Waals surface area contributed by atoms with Crippen LogP contribution in [0, 0.1) is 39.4 Å². The van der Waals surface area contributed by atoms with Crippen molar-refractivity contribution in [3.05, 3.63) is 0 Å². The first kappa shape index (κ1) is 32.8. The summed E-state index contributed by atoms with van der Waals surface area (Å²) in [6.45, 7) is 17.6. The van der Waals surface area contributed by atoms with Gasteiger partial charge < -0.3 is 24.4 Å². The molecule has 4 aliphatic rings. The van der Waals surface area contributed by atoms with Crippen molar-refractivity contribution in [3.8, 4) is 0 Å². The standard InChI is InChI=1S/C32H54O8/c1-10-30(7,25(33)34)19-31(8,27(36)40-24-13-11-12-14-38-24)18-20(2)17-28(3,4)26(35)39-23-16-21-15-22(29(21,5)6)32(23,9)37/h20-24,37H,10-19H2,1-9H3,(H,33,34). The van der Waals surface area contributed by atoms with Crippen LogP contribution in [0.3, 0.4) is 0 Å². The van der Waals surface area contributed by atoms with Gasteiger partial charge in [0, 0.05) is 6.42 Å². The van der Waals surface area contributed by atoms with Crippen LogP contribution in [0.1, 0.15) is 120 Å². The lowest BCUT2D eigenvalue weighted by Gasteiger charge is -2.64. The highest BCUT2D eigenvalue weighted by Gasteiger charge is 2.64. The number of esters is 2. The lowest BCUT2D eigenvalue weighted by molar-refractivity contribution is -0.256. The minimum Gasteiger partial charge on any atom is -0.481 e. The van der Waals surface area contributed by atoms with Crippen LogP contribution in [0.4, 0.5) is 0 Å². The number of aliphatic carboxylic acids is 1. The molecule has 1 saturated heterocycles. The number of carboxylic acids is 1. The molecule has 230 valence electrons. The molecule has 4 rings (SSSR count). The molecular formula is C32H54O8. The highest BCUT2D eigenvalue weighted by molar-refractivity contribution is 5.80. The highest BCUT2D eigenvalue weighted by Crippen LogP contribution is 2.63. The van der Waals surface area contributed by atoms with Crippen LogP contribution in [0.15, 0.2) is 0 Å². The minimum absolute atomic E-state index is 0.0428. The van der Waals surface area contributed by atoms with Crippen LogP contribution in [0.25, 0.3) is 0 Å². The van der Waals surface area contributed by atoms with Gasteiger partial charge in [0.25, 0.3) is 0 Å². The van der Waals surface area contributed by atoms with E-state index in [9.17, 15) is 24.6 Å². The number of hydrogen-bond donors (Lipinski definition) is 2. The van der Waals surface area contributed by atoms with Gasteiger partial charge in [-0.15, -0.1) is 0 Å². The second kappa shape index (κ2) is 11.5. The Balaban J connectivity index is 1.71. The molecule has 3 saturated carbocycles. The summed E-state index contributed by atoms with van der Waals surface area (Å²) in [7, 11) is 0. The Morgan fingerprint density at radius 2 is 1.62 bits per heavy atom. The third-order valence-corrected chi connectivity index (χ3v) is 10.7. The third kappa shape index (κ3) is 6.53. The van der Waals surface area contributed by atoms with E-state index in [-0.39, 0.29) is 29.6 Å². The van der Waals surface area contributed by atoms with Crippen molar-refractivity contribution in [2.24, 2.45) is 39.4 Å². The largest absolute Gasteiger partial charge is 0.481 e. The van der Waals surface area contributed by atoms with Crippen LogP contribution in [0.5, 0.6) is 0 Å². The third-order valence-electron chi connectivity index (χ3n) is 10.7. The fourth-order valence-electron chi connectivity index (χ4n) is 7.89. The molecule has 0 aromatic rings. The van der Waals surface area contributed by atoms with E-state index in [0.717, 1.165) is 19.3 Å². The maximum absolute atomic E-state index is 13.6. The predicted octanol–water partition coefficient (Wildman–Crippen LogP) is 6.12. The Hall–Kier alpha value is -1.67. The Kier molecular flexibility index (Phi) is 9.48. The smallest absolute Gasteiger partial charge is 0.314 e. The van der Waals surface area contributed by atoms with Gasteiger partial charge in [0.15, 0.2) is 0 Å². The Labute approximate surface area is 240 Å². The number of aliphatic hydroxyl groups is 1. The van der Waals surface area contributed by atoms with Crippen LogP contribution in [-0.4, -0.2) is 52.7 Å². The quantitative estimate of drug-likeness (QED) is 0.271. The summed E-state index contributed by atoms with van der Waals surface area (Å²) >= 11 is 0. The molecule has 1 heterocycles. The summed E-state index contributed by atoms with van der Waals surface area (Å²) in [6.07, 6.45) is 4.23. The summed E-state index contributed by atoms with van der Waals surface area (Å²) in [5, 5.41) is 21.3. The maximum Gasteiger partial charge on any atom is 0.314 e. The van der Waals surface area contributed by atoms with Gasteiger partial charge in [0.05, 0.1) is 22.9 Å². The van der Waals surface area contributed by atoms with Crippen LogP contribution in [-0.2, 0) is 28.6 Å². The van der Waals surface area contributed by atoms with Gasteiger partial charge in [-0.1, -0.05) is 27.7 Å². The van der Waals surface area contributed by atoms with Crippen LogP contribution in [0.2, 0.25) is 0 Å². The minimum atomic E-state index is -1.10. The molecule has 3 aliphatic carbocycles. The fraction of sp³-hybridized carbons (Fsp3) is 0.906. The molecule has 0 amide bonds. The van der Waals surface area contributed by atoms with Crippen molar-refractivity contribution in [1.82, 2.24) is 0 Å². The van der Waals surface area contributed by atoms with Gasteiger partial charge >= 0.3 is 17.9 Å². The van der Waals surface area contributed by atoms with E-state index in [1.165, 1.54) is 0 Å². The average molecular weight is 567 g/mol. The summed E-state index contributed by atoms with van der Waals surface area (Å²) in [4.78, 5) is 39.2. The van der Waals surface area contributed by atoms with Crippen molar-refractivity contribution in [2.75, 3.05) is 6.61 Å². The summed E-state index contributed by atoms with van der Waals surface area (Å²) in [5.41, 5.74) is -4.06. The molecule has 1 aliphatic heterocycles. The number of carboxylic acid groups (broad SMARTS) is 1. The van der Waals surface area contributed by atoms with E-state index in [1.54, 1.807) is 20.8 Å². The Morgan fingerprint density at radius 1 is 0.975 bits per heavy atom. The van der Waals surface area contributed by atoms with Gasteiger partial charge in [0.1, 0.15) is 11.7 Å². The van der Waals surface area contributed by atoms with Crippen molar-refractivity contribution < 1.29 is 38.8 Å². The van der Waals surface area contributed by atoms with Crippen molar-refractivity contribution in [3.63, 3.8) is 0 Å². The lowest BCUT2D eigenvalue weighted by atomic mass is 9.43. The molecule has 0 radical (unpaired) electrons. The van der Waals surface area contributed by atoms with Crippen molar-refractivity contribution in [2.45, 2.75) is 138 Å². The van der Waals surface area contributed by atoms with Gasteiger partial charge in [-0.25, -0.2) is 0 Å². The zero-order valence-electron chi connectivity index (χ0n) is 26.3. The molecular weight excluding hydrogens is 512 g/mol. The number of carbonyl (C=O) groups is 3. The van der Waals surface area contributed by atoms with Crippen LogP contribution >= 0.6 is 0 Å². The monoisotopic (exact) mass is 566 g/mol. The molecule has 2 N–H and O–H groups in total. The first-order chi connectivity index (χ1) is 18.3. The SMILES string of the molecule is CCC(C)(CC(C)(CC(C)CC(C)(C)C(=O)OC1CC2CC(C2(C)C)C1(C)O)C(=O)OC1CCCCO1)C(=O)O. The molecule has 2 bridgehead atoms. The molecule has 0 spiro atoms. The Morgan fingerprint density at radius 3 is 2.12 bits per heavy atom. The fourth-order valence-corrected chi connectivity index (χ4v) is 7.89. The second-order valence-electron chi connectivity index (χ2n) is 15.2. The molecule has 40 heavy (non-hydrogen) atoms. The number of rotatable bonds is 12. The van der Waals surface area contributed by atoms with Crippen molar-refractivity contribution in [1.29, 1.82) is 0 Å². The number of ether oxygens (including phenoxy) is 3. The van der Waals surface area contributed by atoms with Gasteiger partial charge in [-0.2, -0.15) is 0 Å². The van der Waals surface area contributed by atoms with E-state index >= 15 is 0 Å². The number of hydrogen-bond acceptors (Lipinski definition) is 7. The molecule has 4 fully saturated rings. The normalized spacial score (nSPS) is 33.5. The van der Waals surface area contributed by atoms with E-state index in [2.05, 4.69) is 13.8 Å². The number of carbonyl (C=O) groups excluding carboxylic acids is 2. The molecule has 0 aromatic heterocycles. The predicted molar refractivity (Wildman–Crippen MR) is 151 cm³/mol. The Bertz CT molecular complexity index is 949. The average Bonchev–Trinajstić information content (AvgIpc) is 2.84. The molecule has 8 nitrogen and oxygen atoms in total. The number of fused-ring (bicyclic) bond motifs is 2. The molecule has 0 aromatic carbocycles. The van der Waals surface area contributed by atoms with Gasteiger partial charge in [-0.3, -0.25) is 14.4 Å². The molecule has 8 atom stereocenters. The highest BCUT2D eigenvalue weighted by atomic mass is 16.7. The van der Waals surface area contributed by atoms with Crippen molar-refractivity contribution >= 4 is 17.9 Å². The summed E-state index contributed by atoms with van der Waals surface area (Å²) in [5.74, 6) is -1.33. The second-order valence-corrected chi connectivity index (χ2v) is 15.2. The summed E-state index contributed by atoms with van der Waals surface area (Å²) in [6, 6.07) is 0. The molecule has 8 heteroatoms. The van der Waals surface area contributed by atoms with E-state index in [0.29, 0.717) is 44.6 Å². The first-order valence-electron chi connectivity index (χ1n) is 15.3. The topological polar surface area (TPSA) is 119 Å². The van der Waals surface area contributed by atoms with Gasteiger partial charge in [-0.05, 0) is 109 Å². The van der Waals surface area contributed by atoms with E-state index in [4.69, 9.17) is 14.2 Å². The maximum atomic E-state index is 13.6. The zero-order chi connectivity index (χ0) is 30.3. The van der Waals surface area contributed by atoms with E-state index in [1.807, 2.05) is 27.7 Å². The van der Waals surface area contributed by atoms with E-state index < -0.39 is 46.2 Å². The lowest BCUT2D eigenvalue weighted by Crippen LogP contribution is -2.67. The summed E-state index contributed by atoms with van der Waals surface area (Å²) < 4.78 is 17.4. The van der Waals surface area contributed by atoms with Gasteiger partial charge in [0.2, 0.25) is 6.29 Å². The zero-order valence-corrected chi connectivity index (χ0v) is 26.3. The molecule has 8 unspecified atom stereocenters. The van der Waals surface area contributed by atoms with Crippen LogP contribution < -0.4 is 0 Å².